The van der Waals surface area contributed by atoms with E-state index >= 15 is 0 Å². The molecule has 0 bridgehead atoms. The SMILES string of the molecule is COc1cc(Cl)cc(C(=O)O)c1OC(C)C. The molecule has 16 heavy (non-hydrogen) atoms. The van der Waals surface area contributed by atoms with Crippen molar-refractivity contribution in [3.63, 3.8) is 0 Å². The average molecular weight is 245 g/mol. The van der Waals surface area contributed by atoms with Crippen LogP contribution in [0.15, 0.2) is 12.1 Å². The molecule has 1 aromatic rings. The van der Waals surface area contributed by atoms with E-state index in [-0.39, 0.29) is 17.4 Å². The number of hydrogen-bond donors (Lipinski definition) is 1. The summed E-state index contributed by atoms with van der Waals surface area (Å²) in [6.07, 6.45) is -0.145. The number of rotatable bonds is 4. The molecule has 0 radical (unpaired) electrons. The van der Waals surface area contributed by atoms with Gasteiger partial charge in [-0.05, 0) is 19.9 Å². The molecule has 88 valence electrons. The molecule has 0 saturated heterocycles. The Labute approximate surface area is 98.7 Å². The third-order valence-corrected chi connectivity index (χ3v) is 2.04. The molecule has 1 rings (SSSR count). The second kappa shape index (κ2) is 5.07. The van der Waals surface area contributed by atoms with Crippen molar-refractivity contribution in [3.05, 3.63) is 22.7 Å². The zero-order valence-corrected chi connectivity index (χ0v) is 10.0. The lowest BCUT2D eigenvalue weighted by Crippen LogP contribution is -2.11. The molecular formula is C11H13ClO4. The van der Waals surface area contributed by atoms with Crippen LogP contribution in [0.2, 0.25) is 5.02 Å². The van der Waals surface area contributed by atoms with Crippen LogP contribution in [0.1, 0.15) is 24.2 Å². The van der Waals surface area contributed by atoms with Crippen LogP contribution in [0, 0.1) is 0 Å². The van der Waals surface area contributed by atoms with Gasteiger partial charge in [0.2, 0.25) is 0 Å². The Morgan fingerprint density at radius 3 is 2.50 bits per heavy atom. The van der Waals surface area contributed by atoms with Gasteiger partial charge in [-0.3, -0.25) is 0 Å². The van der Waals surface area contributed by atoms with E-state index in [0.29, 0.717) is 10.8 Å². The third kappa shape index (κ3) is 2.79. The molecule has 0 aliphatic carbocycles. The summed E-state index contributed by atoms with van der Waals surface area (Å²) in [6.45, 7) is 3.61. The summed E-state index contributed by atoms with van der Waals surface area (Å²) < 4.78 is 10.5. The first-order chi connectivity index (χ1) is 7.45. The molecule has 0 aliphatic heterocycles. The zero-order chi connectivity index (χ0) is 12.3. The van der Waals surface area contributed by atoms with E-state index in [1.165, 1.54) is 19.2 Å². The molecule has 0 saturated carbocycles. The summed E-state index contributed by atoms with van der Waals surface area (Å²) in [7, 11) is 1.43. The lowest BCUT2D eigenvalue weighted by Gasteiger charge is -2.16. The van der Waals surface area contributed by atoms with Crippen LogP contribution in [0.4, 0.5) is 0 Å². The molecule has 0 spiro atoms. The monoisotopic (exact) mass is 244 g/mol. The first kappa shape index (κ1) is 12.6. The van der Waals surface area contributed by atoms with Gasteiger partial charge >= 0.3 is 5.97 Å². The van der Waals surface area contributed by atoms with Gasteiger partial charge in [-0.1, -0.05) is 11.6 Å². The number of halogens is 1. The van der Waals surface area contributed by atoms with Crippen LogP contribution in [0.5, 0.6) is 11.5 Å². The van der Waals surface area contributed by atoms with E-state index in [4.69, 9.17) is 26.2 Å². The summed E-state index contributed by atoms with van der Waals surface area (Å²) in [4.78, 5) is 11.0. The van der Waals surface area contributed by atoms with Crippen LogP contribution in [-0.2, 0) is 0 Å². The minimum absolute atomic E-state index is 0.00181. The molecule has 0 fully saturated rings. The second-order valence-electron chi connectivity index (χ2n) is 3.46. The van der Waals surface area contributed by atoms with Gasteiger partial charge in [0.15, 0.2) is 11.5 Å². The van der Waals surface area contributed by atoms with E-state index in [2.05, 4.69) is 0 Å². The van der Waals surface area contributed by atoms with Crippen molar-refractivity contribution in [1.82, 2.24) is 0 Å². The van der Waals surface area contributed by atoms with Crippen molar-refractivity contribution in [3.8, 4) is 11.5 Å². The Morgan fingerprint density at radius 2 is 2.06 bits per heavy atom. The fourth-order valence-corrected chi connectivity index (χ4v) is 1.44. The van der Waals surface area contributed by atoms with Gasteiger partial charge in [-0.25, -0.2) is 4.79 Å². The lowest BCUT2D eigenvalue weighted by molar-refractivity contribution is 0.0689. The van der Waals surface area contributed by atoms with Crippen molar-refractivity contribution >= 4 is 17.6 Å². The van der Waals surface area contributed by atoms with Gasteiger partial charge in [0, 0.05) is 11.1 Å². The number of hydrogen-bond acceptors (Lipinski definition) is 3. The maximum Gasteiger partial charge on any atom is 0.339 e. The zero-order valence-electron chi connectivity index (χ0n) is 9.28. The Balaban J connectivity index is 3.33. The quantitative estimate of drug-likeness (QED) is 0.885. The lowest BCUT2D eigenvalue weighted by atomic mass is 10.2. The fourth-order valence-electron chi connectivity index (χ4n) is 1.24. The summed E-state index contributed by atoms with van der Waals surface area (Å²) in [5.41, 5.74) is -0.00181. The normalized spacial score (nSPS) is 10.3. The van der Waals surface area contributed by atoms with Gasteiger partial charge < -0.3 is 14.6 Å². The summed E-state index contributed by atoms with van der Waals surface area (Å²) >= 11 is 5.78. The number of methoxy groups -OCH3 is 1. The predicted molar refractivity (Wildman–Crippen MR) is 60.7 cm³/mol. The Hall–Kier alpha value is -1.42. The fraction of sp³-hybridized carbons (Fsp3) is 0.364. The largest absolute Gasteiger partial charge is 0.493 e. The topological polar surface area (TPSA) is 55.8 Å². The highest BCUT2D eigenvalue weighted by Crippen LogP contribution is 2.35. The number of ether oxygens (including phenoxy) is 2. The van der Waals surface area contributed by atoms with Gasteiger partial charge in [0.25, 0.3) is 0 Å². The van der Waals surface area contributed by atoms with E-state index in [0.717, 1.165) is 0 Å². The van der Waals surface area contributed by atoms with Gasteiger partial charge in [-0.2, -0.15) is 0 Å². The number of carboxylic acids is 1. The number of benzene rings is 1. The average Bonchev–Trinajstić information content (AvgIpc) is 2.19. The smallest absolute Gasteiger partial charge is 0.339 e. The Bertz CT molecular complexity index is 401. The minimum Gasteiger partial charge on any atom is -0.493 e. The Morgan fingerprint density at radius 1 is 1.44 bits per heavy atom. The highest BCUT2D eigenvalue weighted by Gasteiger charge is 2.19. The van der Waals surface area contributed by atoms with E-state index in [9.17, 15) is 4.79 Å². The van der Waals surface area contributed by atoms with Crippen LogP contribution in [-0.4, -0.2) is 24.3 Å². The van der Waals surface area contributed by atoms with E-state index < -0.39 is 5.97 Å². The molecule has 0 atom stereocenters. The van der Waals surface area contributed by atoms with E-state index in [1.807, 2.05) is 0 Å². The van der Waals surface area contributed by atoms with Crippen LogP contribution < -0.4 is 9.47 Å². The van der Waals surface area contributed by atoms with Crippen LogP contribution >= 0.6 is 11.6 Å². The van der Waals surface area contributed by atoms with Gasteiger partial charge in [-0.15, -0.1) is 0 Å². The number of carboxylic acid groups (broad SMARTS) is 1. The highest BCUT2D eigenvalue weighted by atomic mass is 35.5. The van der Waals surface area contributed by atoms with Crippen LogP contribution in [0.3, 0.4) is 0 Å². The van der Waals surface area contributed by atoms with Crippen molar-refractivity contribution in [2.45, 2.75) is 20.0 Å². The van der Waals surface area contributed by atoms with Crippen molar-refractivity contribution in [1.29, 1.82) is 0 Å². The summed E-state index contributed by atoms with van der Waals surface area (Å²) in [5, 5.41) is 9.33. The molecule has 0 heterocycles. The van der Waals surface area contributed by atoms with Gasteiger partial charge in [0.05, 0.1) is 13.2 Å². The summed E-state index contributed by atoms with van der Waals surface area (Å²) in [6, 6.07) is 2.86. The molecule has 1 aromatic carbocycles. The molecule has 1 N–H and O–H groups in total. The van der Waals surface area contributed by atoms with Crippen molar-refractivity contribution in [2.75, 3.05) is 7.11 Å². The molecule has 0 aromatic heterocycles. The minimum atomic E-state index is -1.10. The van der Waals surface area contributed by atoms with Crippen molar-refractivity contribution < 1.29 is 19.4 Å². The van der Waals surface area contributed by atoms with E-state index in [1.54, 1.807) is 13.8 Å². The number of carbonyl (C=O) groups is 1. The number of aromatic carboxylic acids is 1. The highest BCUT2D eigenvalue weighted by molar-refractivity contribution is 6.31. The predicted octanol–water partition coefficient (Wildman–Crippen LogP) is 2.83. The summed E-state index contributed by atoms with van der Waals surface area (Å²) in [5.74, 6) is -0.579. The van der Waals surface area contributed by atoms with Gasteiger partial charge in [0.1, 0.15) is 5.56 Å². The molecule has 4 nitrogen and oxygen atoms in total. The standard InChI is InChI=1S/C11H13ClO4/c1-6(2)16-10-8(11(13)14)4-7(12)5-9(10)15-3/h4-6H,1-3H3,(H,13,14). The third-order valence-electron chi connectivity index (χ3n) is 1.82. The molecule has 0 aliphatic rings. The molecule has 0 amide bonds. The molecule has 0 unspecified atom stereocenters. The first-order valence-electron chi connectivity index (χ1n) is 4.73. The van der Waals surface area contributed by atoms with Crippen LogP contribution in [0.25, 0.3) is 0 Å². The molecular weight excluding hydrogens is 232 g/mol. The first-order valence-corrected chi connectivity index (χ1v) is 5.11. The Kier molecular flexibility index (Phi) is 4.01. The molecule has 5 heteroatoms. The maximum absolute atomic E-state index is 11.0. The second-order valence-corrected chi connectivity index (χ2v) is 3.89. The van der Waals surface area contributed by atoms with Crippen molar-refractivity contribution in [2.24, 2.45) is 0 Å². The maximum atomic E-state index is 11.0.